The number of nitrogens with one attached hydrogen (secondary N) is 1. The van der Waals surface area contributed by atoms with Crippen LogP contribution in [0.5, 0.6) is 5.75 Å². The molecule has 30 heavy (non-hydrogen) atoms. The number of benzene rings is 2. The first-order valence-electron chi connectivity index (χ1n) is 8.82. The van der Waals surface area contributed by atoms with Gasteiger partial charge in [-0.1, -0.05) is 18.2 Å². The van der Waals surface area contributed by atoms with Crippen LogP contribution in [0, 0.1) is 11.3 Å². The van der Waals surface area contributed by atoms with Crippen LogP contribution in [0.3, 0.4) is 0 Å². The first kappa shape index (κ1) is 22.7. The van der Waals surface area contributed by atoms with E-state index in [1.807, 2.05) is 6.07 Å². The number of hydrogen-bond acceptors (Lipinski definition) is 7. The van der Waals surface area contributed by atoms with Crippen LogP contribution < -0.4 is 9.46 Å². The second-order valence-electron chi connectivity index (χ2n) is 6.13. The molecule has 0 radical (unpaired) electrons. The fourth-order valence-electron chi connectivity index (χ4n) is 2.39. The van der Waals surface area contributed by atoms with Crippen LogP contribution in [0.4, 0.5) is 5.69 Å². The van der Waals surface area contributed by atoms with Gasteiger partial charge in [0, 0.05) is 13.6 Å². The Labute approximate surface area is 174 Å². The van der Waals surface area contributed by atoms with Crippen molar-refractivity contribution in [2.45, 2.75) is 11.3 Å². The van der Waals surface area contributed by atoms with E-state index >= 15 is 0 Å². The van der Waals surface area contributed by atoms with Crippen LogP contribution in [-0.2, 0) is 19.6 Å². The summed E-state index contributed by atoms with van der Waals surface area (Å²) in [5.74, 6) is -0.970. The summed E-state index contributed by atoms with van der Waals surface area (Å²) in [7, 11) is -1.09. The van der Waals surface area contributed by atoms with Gasteiger partial charge in [0.15, 0.2) is 6.61 Å². The first-order valence-corrected chi connectivity index (χ1v) is 10.3. The number of nitrogens with zero attached hydrogens (tertiary/aromatic N) is 2. The highest BCUT2D eigenvalue weighted by atomic mass is 32.2. The van der Waals surface area contributed by atoms with Crippen LogP contribution in [0.1, 0.15) is 16.8 Å². The molecule has 0 saturated carbocycles. The Hall–Kier alpha value is -3.58. The number of ether oxygens (including phenoxy) is 2. The lowest BCUT2D eigenvalue weighted by molar-refractivity contribution is -0.133. The largest absolute Gasteiger partial charge is 0.495 e. The van der Waals surface area contributed by atoms with Crippen LogP contribution in [0.15, 0.2) is 53.4 Å². The van der Waals surface area contributed by atoms with Gasteiger partial charge >= 0.3 is 5.97 Å². The van der Waals surface area contributed by atoms with E-state index in [0.29, 0.717) is 5.75 Å². The number of hydrogen-bond donors (Lipinski definition) is 1. The van der Waals surface area contributed by atoms with E-state index in [0.717, 1.165) is 6.07 Å². The first-order chi connectivity index (χ1) is 14.3. The molecule has 0 aliphatic carbocycles. The average molecular weight is 431 g/mol. The van der Waals surface area contributed by atoms with Crippen LogP contribution >= 0.6 is 0 Å². The van der Waals surface area contributed by atoms with E-state index in [-0.39, 0.29) is 29.1 Å². The topological polar surface area (TPSA) is 126 Å². The number of methoxy groups -OCH3 is 1. The molecule has 2 rings (SSSR count). The van der Waals surface area contributed by atoms with Crippen molar-refractivity contribution in [2.75, 3.05) is 32.0 Å². The summed E-state index contributed by atoms with van der Waals surface area (Å²) >= 11 is 0. The summed E-state index contributed by atoms with van der Waals surface area (Å²) in [5.41, 5.74) is 0.226. The molecule has 0 bridgehead atoms. The lowest BCUT2D eigenvalue weighted by Gasteiger charge is -2.15. The van der Waals surface area contributed by atoms with Gasteiger partial charge in [-0.05, 0) is 30.3 Å². The lowest BCUT2D eigenvalue weighted by atomic mass is 10.2. The number of nitriles is 1. The van der Waals surface area contributed by atoms with Crippen LogP contribution in [0.2, 0.25) is 0 Å². The zero-order valence-corrected chi connectivity index (χ0v) is 17.3. The molecule has 2 aromatic carbocycles. The molecule has 0 aliphatic rings. The zero-order chi connectivity index (χ0) is 22.1. The van der Waals surface area contributed by atoms with E-state index in [9.17, 15) is 18.0 Å². The quantitative estimate of drug-likeness (QED) is 0.602. The minimum atomic E-state index is -4.00. The number of para-hydroxylation sites is 2. The summed E-state index contributed by atoms with van der Waals surface area (Å²) in [6.45, 7) is -0.299. The molecule has 10 heteroatoms. The highest BCUT2D eigenvalue weighted by molar-refractivity contribution is 7.92. The number of rotatable bonds is 9. The average Bonchev–Trinajstić information content (AvgIpc) is 2.75. The molecule has 1 N–H and O–H groups in total. The minimum Gasteiger partial charge on any atom is -0.495 e. The van der Waals surface area contributed by atoms with Crippen molar-refractivity contribution in [3.63, 3.8) is 0 Å². The van der Waals surface area contributed by atoms with Crippen molar-refractivity contribution in [3.05, 3.63) is 54.1 Å². The maximum atomic E-state index is 12.7. The number of amides is 1. The van der Waals surface area contributed by atoms with Gasteiger partial charge in [-0.3, -0.25) is 9.52 Å². The molecule has 0 saturated heterocycles. The second kappa shape index (κ2) is 10.3. The standard InChI is InChI=1S/C20H21N3O6S/c1-23(12-6-11-21)19(24)14-29-20(25)15-7-5-8-16(13-15)30(26,27)22-17-9-3-4-10-18(17)28-2/h3-5,7-10,13,22H,6,12,14H2,1-2H3. The van der Waals surface area contributed by atoms with Gasteiger partial charge in [-0.2, -0.15) is 5.26 Å². The molecule has 158 valence electrons. The van der Waals surface area contributed by atoms with E-state index < -0.39 is 28.5 Å². The molecule has 0 unspecified atom stereocenters. The molecule has 0 spiro atoms. The third kappa shape index (κ3) is 5.96. The fraction of sp³-hybridized carbons (Fsp3) is 0.250. The number of carbonyl (C=O) groups is 2. The number of sulfonamides is 1. The SMILES string of the molecule is COc1ccccc1NS(=O)(=O)c1cccc(C(=O)OCC(=O)N(C)CCC#N)c1. The summed E-state index contributed by atoms with van der Waals surface area (Å²) < 4.78 is 37.9. The number of carbonyl (C=O) groups excluding carboxylic acids is 2. The molecular weight excluding hydrogens is 410 g/mol. The maximum absolute atomic E-state index is 12.7. The van der Waals surface area contributed by atoms with Crippen LogP contribution in [0.25, 0.3) is 0 Å². The van der Waals surface area contributed by atoms with Crippen LogP contribution in [-0.4, -0.2) is 52.5 Å². The predicted molar refractivity (Wildman–Crippen MR) is 108 cm³/mol. The van der Waals surface area contributed by atoms with Gasteiger partial charge in [0.05, 0.1) is 35.7 Å². The van der Waals surface area contributed by atoms with Crippen molar-refractivity contribution in [1.82, 2.24) is 4.90 Å². The molecule has 0 heterocycles. The Kier molecular flexibility index (Phi) is 7.77. The van der Waals surface area contributed by atoms with E-state index in [1.165, 1.54) is 37.3 Å². The Morgan fingerprint density at radius 2 is 1.90 bits per heavy atom. The van der Waals surface area contributed by atoms with Gasteiger partial charge in [0.1, 0.15) is 5.75 Å². The Morgan fingerprint density at radius 3 is 2.60 bits per heavy atom. The van der Waals surface area contributed by atoms with Gasteiger partial charge in [-0.25, -0.2) is 13.2 Å². The highest BCUT2D eigenvalue weighted by Gasteiger charge is 2.19. The minimum absolute atomic E-state index is 0.0228. The predicted octanol–water partition coefficient (Wildman–Crippen LogP) is 2.02. The maximum Gasteiger partial charge on any atom is 0.338 e. The summed E-state index contributed by atoms with van der Waals surface area (Å²) in [4.78, 5) is 25.3. The monoisotopic (exact) mass is 431 g/mol. The molecule has 0 aromatic heterocycles. The van der Waals surface area contributed by atoms with Crippen molar-refractivity contribution in [2.24, 2.45) is 0 Å². The summed E-state index contributed by atoms with van der Waals surface area (Å²) in [6, 6.07) is 13.7. The van der Waals surface area contributed by atoms with Gasteiger partial charge in [0.2, 0.25) is 0 Å². The highest BCUT2D eigenvalue weighted by Crippen LogP contribution is 2.26. The molecule has 1 amide bonds. The molecular formula is C20H21N3O6S. The van der Waals surface area contributed by atoms with Crippen molar-refractivity contribution in [3.8, 4) is 11.8 Å². The molecule has 2 aromatic rings. The summed E-state index contributed by atoms with van der Waals surface area (Å²) in [6.07, 6.45) is 0.162. The molecule has 0 fully saturated rings. The van der Waals surface area contributed by atoms with Gasteiger partial charge in [0.25, 0.3) is 15.9 Å². The molecule has 0 atom stereocenters. The van der Waals surface area contributed by atoms with E-state index in [1.54, 1.807) is 24.3 Å². The van der Waals surface area contributed by atoms with Crippen molar-refractivity contribution >= 4 is 27.6 Å². The van der Waals surface area contributed by atoms with Gasteiger partial charge in [-0.15, -0.1) is 0 Å². The molecule has 0 aliphatic heterocycles. The second-order valence-corrected chi connectivity index (χ2v) is 7.82. The Bertz CT molecular complexity index is 1060. The van der Waals surface area contributed by atoms with Crippen molar-refractivity contribution in [1.29, 1.82) is 5.26 Å². The fourth-order valence-corrected chi connectivity index (χ4v) is 3.50. The number of anilines is 1. The summed E-state index contributed by atoms with van der Waals surface area (Å²) in [5, 5.41) is 8.54. The lowest BCUT2D eigenvalue weighted by Crippen LogP contribution is -2.31. The molecule has 9 nitrogen and oxygen atoms in total. The van der Waals surface area contributed by atoms with E-state index in [2.05, 4.69) is 4.72 Å². The smallest absolute Gasteiger partial charge is 0.338 e. The normalized spacial score (nSPS) is 10.6. The Morgan fingerprint density at radius 1 is 1.17 bits per heavy atom. The third-order valence-corrected chi connectivity index (χ3v) is 5.41. The zero-order valence-electron chi connectivity index (χ0n) is 16.5. The number of likely N-dealkylation sites (N-methyl/N-ethyl adjacent to an activating group) is 1. The Balaban J connectivity index is 2.10. The number of esters is 1. The van der Waals surface area contributed by atoms with Gasteiger partial charge < -0.3 is 14.4 Å². The van der Waals surface area contributed by atoms with Crippen molar-refractivity contribution < 1.29 is 27.5 Å². The van der Waals surface area contributed by atoms with E-state index in [4.69, 9.17) is 14.7 Å². The third-order valence-electron chi connectivity index (χ3n) is 4.04.